The molecule has 1 unspecified atom stereocenters. The fraction of sp³-hybridized carbons (Fsp3) is 0.231. The lowest BCUT2D eigenvalue weighted by Crippen LogP contribution is -2.08. The maximum atomic E-state index is 13.0. The lowest BCUT2D eigenvalue weighted by Gasteiger charge is -2.00. The summed E-state index contributed by atoms with van der Waals surface area (Å²) in [5.41, 5.74) is 6.39. The van der Waals surface area contributed by atoms with Crippen LogP contribution in [0.2, 0.25) is 0 Å². The van der Waals surface area contributed by atoms with Crippen LogP contribution in [0.25, 0.3) is 0 Å². The number of aromatic nitrogens is 1. The summed E-state index contributed by atoms with van der Waals surface area (Å²) in [4.78, 5) is 16.1. The zero-order chi connectivity index (χ0) is 14.0. The highest BCUT2D eigenvalue weighted by molar-refractivity contribution is 7.09. The molecule has 0 amide bonds. The number of nitrogens with zero attached hydrogens (tertiary/aromatic N) is 1. The van der Waals surface area contributed by atoms with E-state index in [1.54, 1.807) is 12.3 Å². The van der Waals surface area contributed by atoms with Gasteiger partial charge in [0.15, 0.2) is 17.4 Å². The van der Waals surface area contributed by atoms with Gasteiger partial charge in [-0.2, -0.15) is 0 Å². The van der Waals surface area contributed by atoms with Crippen molar-refractivity contribution in [3.8, 4) is 0 Å². The Hall–Kier alpha value is -1.66. The lowest BCUT2D eigenvalue weighted by atomic mass is 10.1. The first-order valence-electron chi connectivity index (χ1n) is 5.65. The molecular weight excluding hydrogens is 270 g/mol. The molecule has 1 heterocycles. The van der Waals surface area contributed by atoms with Crippen LogP contribution in [0, 0.1) is 11.6 Å². The average Bonchev–Trinajstić information content (AvgIpc) is 2.83. The highest BCUT2D eigenvalue weighted by atomic mass is 32.1. The molecule has 0 spiro atoms. The second-order valence-electron chi connectivity index (χ2n) is 4.21. The van der Waals surface area contributed by atoms with Gasteiger partial charge < -0.3 is 5.73 Å². The molecule has 1 atom stereocenters. The Kier molecular flexibility index (Phi) is 4.01. The van der Waals surface area contributed by atoms with Crippen LogP contribution in [0.15, 0.2) is 23.6 Å². The number of ketones is 1. The summed E-state index contributed by atoms with van der Waals surface area (Å²) in [5.74, 6) is -2.13. The second kappa shape index (κ2) is 5.54. The zero-order valence-electron chi connectivity index (χ0n) is 10.2. The molecule has 0 radical (unpaired) electrons. The maximum Gasteiger partial charge on any atom is 0.186 e. The van der Waals surface area contributed by atoms with E-state index >= 15 is 0 Å². The van der Waals surface area contributed by atoms with Crippen molar-refractivity contribution in [3.05, 3.63) is 51.5 Å². The van der Waals surface area contributed by atoms with Crippen molar-refractivity contribution in [1.29, 1.82) is 0 Å². The van der Waals surface area contributed by atoms with Crippen molar-refractivity contribution in [1.82, 2.24) is 4.98 Å². The predicted octanol–water partition coefficient (Wildman–Crippen LogP) is 2.87. The van der Waals surface area contributed by atoms with Gasteiger partial charge in [0.05, 0.1) is 6.04 Å². The van der Waals surface area contributed by atoms with E-state index in [4.69, 9.17) is 5.73 Å². The van der Waals surface area contributed by atoms with Gasteiger partial charge in [0.2, 0.25) is 0 Å². The quantitative estimate of drug-likeness (QED) is 0.877. The highest BCUT2D eigenvalue weighted by Gasteiger charge is 2.14. The molecule has 0 saturated carbocycles. The third-order valence-electron chi connectivity index (χ3n) is 2.55. The number of hydrogen-bond donors (Lipinski definition) is 1. The zero-order valence-corrected chi connectivity index (χ0v) is 11.0. The van der Waals surface area contributed by atoms with Gasteiger partial charge in [-0.05, 0) is 24.6 Å². The van der Waals surface area contributed by atoms with Crippen molar-refractivity contribution in [2.24, 2.45) is 5.73 Å². The molecule has 2 N–H and O–H groups in total. The first-order valence-corrected chi connectivity index (χ1v) is 6.53. The van der Waals surface area contributed by atoms with Crippen LogP contribution >= 0.6 is 11.3 Å². The van der Waals surface area contributed by atoms with Gasteiger partial charge in [0.1, 0.15) is 10.7 Å². The summed E-state index contributed by atoms with van der Waals surface area (Å²) in [6, 6.07) is 3.18. The van der Waals surface area contributed by atoms with E-state index in [9.17, 15) is 13.6 Å². The Morgan fingerprint density at radius 1 is 1.42 bits per heavy atom. The van der Waals surface area contributed by atoms with Crippen molar-refractivity contribution in [3.63, 3.8) is 0 Å². The van der Waals surface area contributed by atoms with Gasteiger partial charge in [-0.25, -0.2) is 13.8 Å². The molecule has 0 aliphatic heterocycles. The Morgan fingerprint density at radius 2 is 2.16 bits per heavy atom. The van der Waals surface area contributed by atoms with E-state index in [0.717, 1.165) is 12.1 Å². The summed E-state index contributed by atoms with van der Waals surface area (Å²) in [6.07, 6.45) is -0.0146. The van der Waals surface area contributed by atoms with Crippen LogP contribution in [-0.2, 0) is 6.42 Å². The Bertz CT molecular complexity index is 610. The van der Waals surface area contributed by atoms with Gasteiger partial charge in [-0.3, -0.25) is 4.79 Å². The Balaban J connectivity index is 2.13. The summed E-state index contributed by atoms with van der Waals surface area (Å²) in [5, 5.41) is 2.30. The summed E-state index contributed by atoms with van der Waals surface area (Å²) >= 11 is 1.31. The minimum atomic E-state index is -0.958. The van der Waals surface area contributed by atoms with Gasteiger partial charge in [-0.1, -0.05) is 6.07 Å². The van der Waals surface area contributed by atoms with Crippen LogP contribution in [0.4, 0.5) is 8.78 Å². The third-order valence-corrected chi connectivity index (χ3v) is 3.59. The summed E-state index contributed by atoms with van der Waals surface area (Å²) < 4.78 is 25.8. The van der Waals surface area contributed by atoms with E-state index in [0.29, 0.717) is 16.3 Å². The van der Waals surface area contributed by atoms with Crippen LogP contribution in [0.1, 0.15) is 34.0 Å². The number of carbonyl (C=O) groups excluding carboxylic acids is 1. The highest BCUT2D eigenvalue weighted by Crippen LogP contribution is 2.18. The normalized spacial score (nSPS) is 12.4. The molecule has 19 heavy (non-hydrogen) atoms. The second-order valence-corrected chi connectivity index (χ2v) is 5.10. The third kappa shape index (κ3) is 3.21. The molecule has 0 aliphatic carbocycles. The first kappa shape index (κ1) is 13.8. The standard InChI is InChI=1S/C13H12F2N2OS/c1-7(16)13-17-11(6-19-13)12(18)5-8-2-3-9(14)10(15)4-8/h2-4,6-7H,5,16H2,1H3. The van der Waals surface area contributed by atoms with Crippen LogP contribution in [0.3, 0.4) is 0 Å². The minimum Gasteiger partial charge on any atom is -0.322 e. The number of rotatable bonds is 4. The maximum absolute atomic E-state index is 13.0. The van der Waals surface area contributed by atoms with Gasteiger partial charge in [0, 0.05) is 11.8 Å². The van der Waals surface area contributed by atoms with Crippen LogP contribution in [0.5, 0.6) is 0 Å². The summed E-state index contributed by atoms with van der Waals surface area (Å²) in [6.45, 7) is 1.78. The topological polar surface area (TPSA) is 56.0 Å². The van der Waals surface area contributed by atoms with E-state index < -0.39 is 11.6 Å². The number of carbonyl (C=O) groups is 1. The molecule has 2 aromatic rings. The molecule has 0 saturated heterocycles. The Morgan fingerprint density at radius 3 is 2.74 bits per heavy atom. The number of hydrogen-bond acceptors (Lipinski definition) is 4. The van der Waals surface area contributed by atoms with Gasteiger partial charge >= 0.3 is 0 Å². The van der Waals surface area contributed by atoms with E-state index in [2.05, 4.69) is 4.98 Å². The fourth-order valence-corrected chi connectivity index (χ4v) is 2.33. The SMILES string of the molecule is CC(N)c1nc(C(=O)Cc2ccc(F)c(F)c2)cs1. The molecule has 0 bridgehead atoms. The summed E-state index contributed by atoms with van der Waals surface area (Å²) in [7, 11) is 0. The molecular formula is C13H12F2N2OS. The van der Waals surface area contributed by atoms with Crippen LogP contribution < -0.4 is 5.73 Å². The number of thiazole rings is 1. The number of benzene rings is 1. The number of Topliss-reactive ketones (excluding diaryl/α,β-unsaturated/α-hetero) is 1. The predicted molar refractivity (Wildman–Crippen MR) is 69.1 cm³/mol. The lowest BCUT2D eigenvalue weighted by molar-refractivity contribution is 0.0988. The molecule has 3 nitrogen and oxygen atoms in total. The van der Waals surface area contributed by atoms with Crippen molar-refractivity contribution < 1.29 is 13.6 Å². The molecule has 2 rings (SSSR count). The number of halogens is 2. The number of nitrogens with two attached hydrogens (primary N) is 1. The van der Waals surface area contributed by atoms with E-state index in [1.165, 1.54) is 17.4 Å². The van der Waals surface area contributed by atoms with E-state index in [-0.39, 0.29) is 18.2 Å². The van der Waals surface area contributed by atoms with Gasteiger partial charge in [0.25, 0.3) is 0 Å². The van der Waals surface area contributed by atoms with Crippen molar-refractivity contribution in [2.45, 2.75) is 19.4 Å². The molecule has 1 aromatic carbocycles. The molecule has 0 fully saturated rings. The van der Waals surface area contributed by atoms with E-state index in [1.807, 2.05) is 0 Å². The molecule has 1 aromatic heterocycles. The largest absolute Gasteiger partial charge is 0.322 e. The first-order chi connectivity index (χ1) is 8.97. The molecule has 6 heteroatoms. The average molecular weight is 282 g/mol. The van der Waals surface area contributed by atoms with Gasteiger partial charge in [-0.15, -0.1) is 11.3 Å². The van der Waals surface area contributed by atoms with Crippen molar-refractivity contribution in [2.75, 3.05) is 0 Å². The molecule has 100 valence electrons. The smallest absolute Gasteiger partial charge is 0.186 e. The van der Waals surface area contributed by atoms with Crippen molar-refractivity contribution >= 4 is 17.1 Å². The Labute approximate surface area is 113 Å². The van der Waals surface area contributed by atoms with Crippen LogP contribution in [-0.4, -0.2) is 10.8 Å². The monoisotopic (exact) mass is 282 g/mol. The molecule has 0 aliphatic rings. The fourth-order valence-electron chi connectivity index (χ4n) is 1.55. The minimum absolute atomic E-state index is 0.0146.